The van der Waals surface area contributed by atoms with E-state index in [-0.39, 0.29) is 11.2 Å². The van der Waals surface area contributed by atoms with E-state index >= 15 is 0 Å². The molecule has 0 aliphatic carbocycles. The number of para-hydroxylation sites is 1. The van der Waals surface area contributed by atoms with Gasteiger partial charge in [-0.3, -0.25) is 4.79 Å². The van der Waals surface area contributed by atoms with Crippen molar-refractivity contribution in [3.63, 3.8) is 0 Å². The first-order chi connectivity index (χ1) is 13.7. The summed E-state index contributed by atoms with van der Waals surface area (Å²) < 4.78 is 6.93. The largest absolute Gasteiger partial charge is 0.497 e. The van der Waals surface area contributed by atoms with Gasteiger partial charge in [-0.1, -0.05) is 42.1 Å². The Morgan fingerprint density at radius 3 is 2.68 bits per heavy atom. The maximum atomic E-state index is 13.0. The topological polar surface area (TPSA) is 73.1 Å². The summed E-state index contributed by atoms with van der Waals surface area (Å²) >= 11 is 1.44. The highest BCUT2D eigenvalue weighted by molar-refractivity contribution is 8.00. The van der Waals surface area contributed by atoms with Gasteiger partial charge in [-0.25, -0.2) is 4.68 Å². The zero-order valence-electron chi connectivity index (χ0n) is 15.6. The number of carbonyl (C=O) groups is 1. The predicted octanol–water partition coefficient (Wildman–Crippen LogP) is 3.02. The fraction of sp³-hybridized carbons (Fsp3) is 0.300. The fourth-order valence-electron chi connectivity index (χ4n) is 3.23. The van der Waals surface area contributed by atoms with Gasteiger partial charge in [0.15, 0.2) is 0 Å². The molecule has 8 heteroatoms. The van der Waals surface area contributed by atoms with Gasteiger partial charge in [0, 0.05) is 12.2 Å². The van der Waals surface area contributed by atoms with Crippen LogP contribution >= 0.6 is 11.8 Å². The molecule has 28 heavy (non-hydrogen) atoms. The average molecular weight is 395 g/mol. The number of rotatable bonds is 6. The van der Waals surface area contributed by atoms with Gasteiger partial charge in [-0.2, -0.15) is 0 Å². The molecule has 2 aromatic carbocycles. The number of thioether (sulfide) groups is 1. The van der Waals surface area contributed by atoms with Crippen LogP contribution in [0.1, 0.15) is 18.4 Å². The van der Waals surface area contributed by atoms with Crippen LogP contribution in [0.3, 0.4) is 0 Å². The molecular formula is C20H21N5O2S. The number of piperidine rings is 1. The lowest BCUT2D eigenvalue weighted by molar-refractivity contribution is -0.119. The Kier molecular flexibility index (Phi) is 5.57. The van der Waals surface area contributed by atoms with Crippen LogP contribution < -0.4 is 9.64 Å². The van der Waals surface area contributed by atoms with Crippen molar-refractivity contribution in [1.29, 1.82) is 0 Å². The third kappa shape index (κ3) is 4.01. The number of benzene rings is 2. The summed E-state index contributed by atoms with van der Waals surface area (Å²) in [6.07, 6.45) is 1.78. The molecule has 2 heterocycles. The van der Waals surface area contributed by atoms with Crippen LogP contribution in [0.4, 0.5) is 5.69 Å². The quantitative estimate of drug-likeness (QED) is 0.639. The van der Waals surface area contributed by atoms with E-state index in [1.54, 1.807) is 11.8 Å². The van der Waals surface area contributed by atoms with E-state index in [0.29, 0.717) is 11.7 Å². The minimum absolute atomic E-state index is 0.112. The second kappa shape index (κ2) is 8.43. The Bertz CT molecular complexity index is 929. The molecule has 144 valence electrons. The van der Waals surface area contributed by atoms with E-state index in [0.717, 1.165) is 36.4 Å². The minimum Gasteiger partial charge on any atom is -0.497 e. The van der Waals surface area contributed by atoms with Crippen LogP contribution in [-0.4, -0.2) is 45.0 Å². The summed E-state index contributed by atoms with van der Waals surface area (Å²) in [6, 6.07) is 17.6. The van der Waals surface area contributed by atoms with E-state index in [1.165, 1.54) is 11.8 Å². The van der Waals surface area contributed by atoms with Crippen LogP contribution in [0, 0.1) is 0 Å². The van der Waals surface area contributed by atoms with Crippen molar-refractivity contribution in [3.8, 4) is 5.75 Å². The molecule has 1 aromatic heterocycles. The molecule has 0 bridgehead atoms. The fourth-order valence-corrected chi connectivity index (χ4v) is 4.30. The number of hydrogen-bond acceptors (Lipinski definition) is 6. The summed E-state index contributed by atoms with van der Waals surface area (Å²) in [5.41, 5.74) is 2.01. The van der Waals surface area contributed by atoms with E-state index < -0.39 is 0 Å². The lowest BCUT2D eigenvalue weighted by Gasteiger charge is -2.31. The van der Waals surface area contributed by atoms with Crippen LogP contribution in [0.2, 0.25) is 0 Å². The first-order valence-electron chi connectivity index (χ1n) is 9.17. The Hall–Kier alpha value is -2.87. The Labute approximate surface area is 167 Å². The summed E-state index contributed by atoms with van der Waals surface area (Å²) in [5.74, 6) is 0.922. The van der Waals surface area contributed by atoms with E-state index in [2.05, 4.69) is 15.5 Å². The van der Waals surface area contributed by atoms with Crippen molar-refractivity contribution in [2.75, 3.05) is 18.6 Å². The van der Waals surface area contributed by atoms with Crippen LogP contribution in [0.5, 0.6) is 5.75 Å². The number of ether oxygens (including phenoxy) is 1. The Balaban J connectivity index is 1.47. The van der Waals surface area contributed by atoms with Crippen LogP contribution in [0.15, 0.2) is 59.8 Å². The zero-order valence-corrected chi connectivity index (χ0v) is 16.4. The van der Waals surface area contributed by atoms with E-state index in [9.17, 15) is 4.79 Å². The highest BCUT2D eigenvalue weighted by Crippen LogP contribution is 2.31. The first-order valence-corrected chi connectivity index (χ1v) is 10.0. The molecule has 3 aromatic rings. The summed E-state index contributed by atoms with van der Waals surface area (Å²) in [6.45, 7) is 1.29. The normalized spacial score (nSPS) is 17.0. The van der Waals surface area contributed by atoms with Crippen molar-refractivity contribution in [3.05, 3.63) is 60.2 Å². The van der Waals surface area contributed by atoms with Crippen molar-refractivity contribution in [2.24, 2.45) is 0 Å². The molecule has 1 aliphatic heterocycles. The van der Waals surface area contributed by atoms with E-state index in [1.807, 2.05) is 59.5 Å². The number of methoxy groups -OCH3 is 1. The van der Waals surface area contributed by atoms with Gasteiger partial charge in [0.1, 0.15) is 5.75 Å². The second-order valence-corrected chi connectivity index (χ2v) is 7.71. The molecule has 1 fully saturated rings. The maximum Gasteiger partial charge on any atom is 0.240 e. The third-order valence-corrected chi connectivity index (χ3v) is 5.92. The van der Waals surface area contributed by atoms with Crippen molar-refractivity contribution in [1.82, 2.24) is 20.2 Å². The zero-order chi connectivity index (χ0) is 19.3. The molecule has 1 unspecified atom stereocenters. The monoisotopic (exact) mass is 395 g/mol. The number of nitrogens with zero attached hydrogens (tertiary/aromatic N) is 5. The summed E-state index contributed by atoms with van der Waals surface area (Å²) in [4.78, 5) is 14.9. The minimum atomic E-state index is -0.186. The summed E-state index contributed by atoms with van der Waals surface area (Å²) in [7, 11) is 1.64. The van der Waals surface area contributed by atoms with Gasteiger partial charge in [0.05, 0.1) is 18.9 Å². The number of aromatic nitrogens is 4. The first kappa shape index (κ1) is 18.5. The Morgan fingerprint density at radius 1 is 1.14 bits per heavy atom. The molecule has 1 atom stereocenters. The highest BCUT2D eigenvalue weighted by atomic mass is 32.2. The number of amides is 1. The van der Waals surface area contributed by atoms with Crippen molar-refractivity contribution >= 4 is 23.4 Å². The van der Waals surface area contributed by atoms with Gasteiger partial charge in [-0.15, -0.1) is 5.10 Å². The standard InChI is InChI=1S/C20H21N5O2S/c1-27-17-11-9-15(10-12-17)14-25-20(21-22-23-25)28-18-8-5-13-24(19(18)26)16-6-3-2-4-7-16/h2-4,6-7,9-12,18H,5,8,13-14H2,1H3. The molecular weight excluding hydrogens is 374 g/mol. The van der Waals surface area contributed by atoms with Crippen molar-refractivity contribution in [2.45, 2.75) is 29.8 Å². The molecule has 1 saturated heterocycles. The molecule has 4 rings (SSSR count). The SMILES string of the molecule is COc1ccc(Cn2nnnc2SC2CCCN(c3ccccc3)C2=O)cc1. The number of tetrazole rings is 1. The molecule has 1 amide bonds. The molecule has 0 spiro atoms. The van der Waals surface area contributed by atoms with Gasteiger partial charge < -0.3 is 9.64 Å². The van der Waals surface area contributed by atoms with Crippen molar-refractivity contribution < 1.29 is 9.53 Å². The second-order valence-electron chi connectivity index (χ2n) is 6.54. The van der Waals surface area contributed by atoms with Gasteiger partial charge in [0.25, 0.3) is 0 Å². The van der Waals surface area contributed by atoms with Gasteiger partial charge in [0.2, 0.25) is 11.1 Å². The average Bonchev–Trinajstić information content (AvgIpc) is 3.17. The number of hydrogen-bond donors (Lipinski definition) is 0. The molecule has 0 saturated carbocycles. The Morgan fingerprint density at radius 2 is 1.93 bits per heavy atom. The van der Waals surface area contributed by atoms with Crippen LogP contribution in [-0.2, 0) is 11.3 Å². The van der Waals surface area contributed by atoms with Gasteiger partial charge in [-0.05, 0) is 53.1 Å². The molecule has 7 nitrogen and oxygen atoms in total. The van der Waals surface area contributed by atoms with Gasteiger partial charge >= 0.3 is 0 Å². The highest BCUT2D eigenvalue weighted by Gasteiger charge is 2.31. The predicted molar refractivity (Wildman–Crippen MR) is 108 cm³/mol. The maximum absolute atomic E-state index is 13.0. The van der Waals surface area contributed by atoms with E-state index in [4.69, 9.17) is 4.74 Å². The summed E-state index contributed by atoms with van der Waals surface area (Å²) in [5, 5.41) is 12.5. The van der Waals surface area contributed by atoms with Crippen LogP contribution in [0.25, 0.3) is 0 Å². The lowest BCUT2D eigenvalue weighted by Crippen LogP contribution is -2.43. The smallest absolute Gasteiger partial charge is 0.240 e. The number of carbonyl (C=O) groups excluding carboxylic acids is 1. The third-order valence-electron chi connectivity index (χ3n) is 4.70. The number of anilines is 1. The molecule has 0 N–H and O–H groups in total. The lowest BCUT2D eigenvalue weighted by atomic mass is 10.1. The molecule has 0 radical (unpaired) electrons. The molecule has 1 aliphatic rings.